The van der Waals surface area contributed by atoms with E-state index in [9.17, 15) is 4.79 Å². The van der Waals surface area contributed by atoms with Crippen molar-refractivity contribution in [3.8, 4) is 0 Å². The van der Waals surface area contributed by atoms with E-state index < -0.39 is 5.97 Å². The fraction of sp³-hybridized carbons (Fsp3) is 0.125. The number of fused-ring (bicyclic) bond motifs is 1. The fourth-order valence-corrected chi connectivity index (χ4v) is 1.40. The van der Waals surface area contributed by atoms with Crippen molar-refractivity contribution in [2.24, 2.45) is 0 Å². The summed E-state index contributed by atoms with van der Waals surface area (Å²) >= 11 is 5.82. The standard InChI is InChI=1S/C8H6ClN3O2/c1-14-8(13)5-6-7(9)10-2-3-12(6)4-11-5/h2-4H,1H3. The van der Waals surface area contributed by atoms with E-state index in [0.29, 0.717) is 5.52 Å². The van der Waals surface area contributed by atoms with Crippen molar-refractivity contribution in [2.45, 2.75) is 0 Å². The van der Waals surface area contributed by atoms with E-state index in [0.717, 1.165) is 0 Å². The SMILES string of the molecule is COC(=O)c1ncn2ccnc(Cl)c12. The Morgan fingerprint density at radius 1 is 1.57 bits per heavy atom. The van der Waals surface area contributed by atoms with Crippen molar-refractivity contribution < 1.29 is 9.53 Å². The molecule has 0 atom stereocenters. The van der Waals surface area contributed by atoms with Gasteiger partial charge in [-0.15, -0.1) is 0 Å². The number of hydrogen-bond acceptors (Lipinski definition) is 4. The third-order valence-corrected chi connectivity index (χ3v) is 2.06. The zero-order valence-corrected chi connectivity index (χ0v) is 8.02. The highest BCUT2D eigenvalue weighted by Crippen LogP contribution is 2.17. The van der Waals surface area contributed by atoms with Gasteiger partial charge in [0.05, 0.1) is 7.11 Å². The van der Waals surface area contributed by atoms with Gasteiger partial charge in [0.25, 0.3) is 0 Å². The van der Waals surface area contributed by atoms with Crippen LogP contribution >= 0.6 is 11.6 Å². The molecule has 0 saturated carbocycles. The summed E-state index contributed by atoms with van der Waals surface area (Å²) in [6.07, 6.45) is 4.66. The number of nitrogens with zero attached hydrogens (tertiary/aromatic N) is 3. The lowest BCUT2D eigenvalue weighted by Crippen LogP contribution is -2.02. The molecule has 0 aliphatic heterocycles. The molecule has 0 spiro atoms. The molecule has 0 saturated heterocycles. The van der Waals surface area contributed by atoms with Crippen LogP contribution in [0.1, 0.15) is 10.5 Å². The van der Waals surface area contributed by atoms with Crippen LogP contribution in [0.2, 0.25) is 5.15 Å². The van der Waals surface area contributed by atoms with Gasteiger partial charge in [-0.05, 0) is 0 Å². The number of methoxy groups -OCH3 is 1. The predicted octanol–water partition coefficient (Wildman–Crippen LogP) is 1.17. The Morgan fingerprint density at radius 3 is 3.07 bits per heavy atom. The highest BCUT2D eigenvalue weighted by atomic mass is 35.5. The van der Waals surface area contributed by atoms with Gasteiger partial charge in [0.1, 0.15) is 11.8 Å². The van der Waals surface area contributed by atoms with Gasteiger partial charge >= 0.3 is 5.97 Å². The van der Waals surface area contributed by atoms with Crippen LogP contribution in [0.25, 0.3) is 5.52 Å². The maximum atomic E-state index is 11.3. The number of carbonyl (C=O) groups excluding carboxylic acids is 1. The monoisotopic (exact) mass is 211 g/mol. The number of ether oxygens (including phenoxy) is 1. The highest BCUT2D eigenvalue weighted by molar-refractivity contribution is 6.33. The number of hydrogen-bond donors (Lipinski definition) is 0. The van der Waals surface area contributed by atoms with E-state index in [1.54, 1.807) is 10.6 Å². The van der Waals surface area contributed by atoms with Crippen LogP contribution in [-0.2, 0) is 4.74 Å². The Balaban J connectivity index is 2.73. The Labute approximate surface area is 84.3 Å². The molecule has 0 bridgehead atoms. The number of aromatic nitrogens is 3. The largest absolute Gasteiger partial charge is 0.464 e. The molecule has 0 N–H and O–H groups in total. The molecule has 0 amide bonds. The van der Waals surface area contributed by atoms with Crippen LogP contribution in [-0.4, -0.2) is 27.4 Å². The first kappa shape index (κ1) is 8.96. The molecule has 0 radical (unpaired) electrons. The lowest BCUT2D eigenvalue weighted by molar-refractivity contribution is 0.0597. The predicted molar refractivity (Wildman–Crippen MR) is 49.3 cm³/mol. The normalized spacial score (nSPS) is 10.4. The van der Waals surface area contributed by atoms with Crippen LogP contribution in [0.4, 0.5) is 0 Å². The first-order valence-electron chi connectivity index (χ1n) is 3.79. The second kappa shape index (κ2) is 3.26. The number of carbonyl (C=O) groups is 1. The van der Waals surface area contributed by atoms with Gasteiger partial charge in [0.2, 0.25) is 0 Å². The topological polar surface area (TPSA) is 56.5 Å². The molecule has 0 aromatic carbocycles. The maximum absolute atomic E-state index is 11.3. The second-order valence-electron chi connectivity index (χ2n) is 2.56. The lowest BCUT2D eigenvalue weighted by atomic mass is 10.4. The molecule has 2 rings (SSSR count). The van der Waals surface area contributed by atoms with Crippen LogP contribution < -0.4 is 0 Å². The van der Waals surface area contributed by atoms with Crippen LogP contribution in [0, 0.1) is 0 Å². The van der Waals surface area contributed by atoms with Crippen LogP contribution in [0.15, 0.2) is 18.7 Å². The number of esters is 1. The van der Waals surface area contributed by atoms with Gasteiger partial charge in [-0.3, -0.25) is 0 Å². The zero-order chi connectivity index (χ0) is 10.1. The van der Waals surface area contributed by atoms with E-state index in [1.165, 1.54) is 19.6 Å². The Morgan fingerprint density at radius 2 is 2.36 bits per heavy atom. The minimum atomic E-state index is -0.526. The molecule has 6 heteroatoms. The lowest BCUT2D eigenvalue weighted by Gasteiger charge is -1.97. The van der Waals surface area contributed by atoms with Gasteiger partial charge in [0.15, 0.2) is 10.8 Å². The van der Waals surface area contributed by atoms with Crippen molar-refractivity contribution in [1.29, 1.82) is 0 Å². The van der Waals surface area contributed by atoms with Crippen molar-refractivity contribution in [1.82, 2.24) is 14.4 Å². The molecule has 72 valence electrons. The highest BCUT2D eigenvalue weighted by Gasteiger charge is 2.16. The summed E-state index contributed by atoms with van der Waals surface area (Å²) in [5, 5.41) is 0.227. The number of rotatable bonds is 1. The summed E-state index contributed by atoms with van der Waals surface area (Å²) in [6, 6.07) is 0. The van der Waals surface area contributed by atoms with E-state index in [2.05, 4.69) is 14.7 Å². The van der Waals surface area contributed by atoms with Gasteiger partial charge in [-0.1, -0.05) is 11.6 Å². The van der Waals surface area contributed by atoms with Crippen LogP contribution in [0.3, 0.4) is 0 Å². The minimum absolute atomic E-state index is 0.172. The third kappa shape index (κ3) is 1.22. The number of halogens is 1. The molecule has 2 aromatic heterocycles. The summed E-state index contributed by atoms with van der Waals surface area (Å²) in [7, 11) is 1.29. The molecule has 2 aromatic rings. The summed E-state index contributed by atoms with van der Waals surface area (Å²) in [5.74, 6) is -0.526. The first-order chi connectivity index (χ1) is 6.74. The van der Waals surface area contributed by atoms with Gasteiger partial charge in [-0.25, -0.2) is 14.8 Å². The summed E-state index contributed by atoms with van der Waals surface area (Å²) in [4.78, 5) is 19.0. The summed E-state index contributed by atoms with van der Waals surface area (Å²) < 4.78 is 6.17. The Hall–Kier alpha value is -1.62. The summed E-state index contributed by atoms with van der Waals surface area (Å²) in [6.45, 7) is 0. The fourth-order valence-electron chi connectivity index (χ4n) is 1.16. The minimum Gasteiger partial charge on any atom is -0.464 e. The van der Waals surface area contributed by atoms with E-state index >= 15 is 0 Å². The Bertz CT molecular complexity index is 494. The van der Waals surface area contributed by atoms with Crippen molar-refractivity contribution in [2.75, 3.05) is 7.11 Å². The molecule has 2 heterocycles. The average molecular weight is 212 g/mol. The smallest absolute Gasteiger partial charge is 0.359 e. The van der Waals surface area contributed by atoms with Gasteiger partial charge in [-0.2, -0.15) is 0 Å². The van der Waals surface area contributed by atoms with Crippen molar-refractivity contribution in [3.63, 3.8) is 0 Å². The average Bonchev–Trinajstić information content (AvgIpc) is 2.62. The first-order valence-corrected chi connectivity index (χ1v) is 4.17. The maximum Gasteiger partial charge on any atom is 0.359 e. The third-order valence-electron chi connectivity index (χ3n) is 1.78. The van der Waals surface area contributed by atoms with Crippen molar-refractivity contribution in [3.05, 3.63) is 29.6 Å². The molecule has 0 aliphatic carbocycles. The molecule has 0 aliphatic rings. The molecule has 0 unspecified atom stereocenters. The molecular formula is C8H6ClN3O2. The van der Waals surface area contributed by atoms with Crippen LogP contribution in [0.5, 0.6) is 0 Å². The zero-order valence-electron chi connectivity index (χ0n) is 7.27. The quantitative estimate of drug-likeness (QED) is 0.665. The van der Waals surface area contributed by atoms with E-state index in [4.69, 9.17) is 11.6 Å². The van der Waals surface area contributed by atoms with Crippen molar-refractivity contribution >= 4 is 23.1 Å². The van der Waals surface area contributed by atoms with Gasteiger partial charge < -0.3 is 9.14 Å². The van der Waals surface area contributed by atoms with E-state index in [-0.39, 0.29) is 10.8 Å². The Kier molecular flexibility index (Phi) is 2.09. The second-order valence-corrected chi connectivity index (χ2v) is 2.92. The summed E-state index contributed by atoms with van der Waals surface area (Å²) in [5.41, 5.74) is 0.631. The molecule has 0 fully saturated rings. The van der Waals surface area contributed by atoms with E-state index in [1.807, 2.05) is 0 Å². The molecule has 14 heavy (non-hydrogen) atoms. The number of imidazole rings is 1. The molecule has 5 nitrogen and oxygen atoms in total. The molecular weight excluding hydrogens is 206 g/mol. The van der Waals surface area contributed by atoms with Gasteiger partial charge in [0, 0.05) is 12.4 Å².